The third kappa shape index (κ3) is 3.36. The van der Waals surface area contributed by atoms with Gasteiger partial charge in [-0.15, -0.1) is 0 Å². The number of carbonyl (C=O) groups is 1. The summed E-state index contributed by atoms with van der Waals surface area (Å²) in [6.45, 7) is 2.71. The van der Waals surface area contributed by atoms with Crippen molar-refractivity contribution in [1.29, 1.82) is 0 Å². The molecule has 1 aromatic carbocycles. The molecule has 1 saturated heterocycles. The Morgan fingerprint density at radius 2 is 2.18 bits per heavy atom. The summed E-state index contributed by atoms with van der Waals surface area (Å²) in [7, 11) is 0. The number of hydrogen-bond acceptors (Lipinski definition) is 3. The second-order valence-corrected chi connectivity index (χ2v) is 5.55. The first kappa shape index (κ1) is 14.8. The molecule has 0 radical (unpaired) electrons. The molecule has 0 spiro atoms. The van der Waals surface area contributed by atoms with E-state index in [1.165, 1.54) is 6.07 Å². The van der Waals surface area contributed by atoms with E-state index in [0.29, 0.717) is 23.8 Å². The summed E-state index contributed by atoms with van der Waals surface area (Å²) < 4.78 is 19.2. The smallest absolute Gasteiger partial charge is 0.287 e. The number of nitrogens with one attached hydrogen (secondary N) is 2. The lowest BCUT2D eigenvalue weighted by atomic mass is 10.1. The van der Waals surface area contributed by atoms with E-state index in [1.54, 1.807) is 30.3 Å². The van der Waals surface area contributed by atoms with E-state index in [2.05, 4.69) is 10.6 Å². The molecule has 3 rings (SSSR count). The van der Waals surface area contributed by atoms with Crippen LogP contribution in [-0.2, 0) is 0 Å². The van der Waals surface area contributed by atoms with E-state index in [1.807, 2.05) is 0 Å². The molecule has 2 heterocycles. The van der Waals surface area contributed by atoms with Gasteiger partial charge in [0.05, 0.1) is 5.56 Å². The molecule has 5 heteroatoms. The van der Waals surface area contributed by atoms with Crippen LogP contribution in [0.15, 0.2) is 40.8 Å². The summed E-state index contributed by atoms with van der Waals surface area (Å²) >= 11 is 0. The van der Waals surface area contributed by atoms with Crippen molar-refractivity contribution in [3.63, 3.8) is 0 Å². The molecule has 116 valence electrons. The molecule has 1 unspecified atom stereocenters. The van der Waals surface area contributed by atoms with Crippen molar-refractivity contribution in [2.24, 2.45) is 5.92 Å². The fourth-order valence-electron chi connectivity index (χ4n) is 2.70. The average Bonchev–Trinajstić information content (AvgIpc) is 3.19. The molecule has 22 heavy (non-hydrogen) atoms. The van der Waals surface area contributed by atoms with Gasteiger partial charge in [-0.1, -0.05) is 12.1 Å². The summed E-state index contributed by atoms with van der Waals surface area (Å²) in [6.07, 6.45) is 2.12. The molecule has 1 amide bonds. The van der Waals surface area contributed by atoms with Gasteiger partial charge in [-0.3, -0.25) is 4.79 Å². The van der Waals surface area contributed by atoms with Gasteiger partial charge >= 0.3 is 0 Å². The summed E-state index contributed by atoms with van der Waals surface area (Å²) in [4.78, 5) is 12.0. The van der Waals surface area contributed by atoms with Crippen molar-refractivity contribution in [2.45, 2.75) is 12.8 Å². The predicted octanol–water partition coefficient (Wildman–Crippen LogP) is 2.82. The predicted molar refractivity (Wildman–Crippen MR) is 82.0 cm³/mol. The maximum Gasteiger partial charge on any atom is 0.287 e. The SMILES string of the molecule is O=C(NCCC1CCNC1)c1ccc(-c2ccccc2F)o1. The maximum atomic E-state index is 13.7. The zero-order valence-corrected chi connectivity index (χ0v) is 12.3. The van der Waals surface area contributed by atoms with Crippen molar-refractivity contribution in [3.8, 4) is 11.3 Å². The standard InChI is InChI=1S/C17H19FN2O2/c18-14-4-2-1-3-13(14)15-5-6-16(22-15)17(21)20-10-8-12-7-9-19-11-12/h1-6,12,19H,7-11H2,(H,20,21). The van der Waals surface area contributed by atoms with Gasteiger partial charge in [0, 0.05) is 6.54 Å². The monoisotopic (exact) mass is 302 g/mol. The molecule has 1 aliphatic rings. The summed E-state index contributed by atoms with van der Waals surface area (Å²) in [6, 6.07) is 9.54. The molecular formula is C17H19FN2O2. The molecule has 0 saturated carbocycles. The topological polar surface area (TPSA) is 54.3 Å². The Hall–Kier alpha value is -2.14. The molecule has 4 nitrogen and oxygen atoms in total. The summed E-state index contributed by atoms with van der Waals surface area (Å²) in [5.41, 5.74) is 0.360. The number of benzene rings is 1. The molecule has 0 bridgehead atoms. The molecule has 2 N–H and O–H groups in total. The van der Waals surface area contributed by atoms with Crippen molar-refractivity contribution < 1.29 is 13.6 Å². The van der Waals surface area contributed by atoms with Crippen LogP contribution in [0.1, 0.15) is 23.4 Å². The Kier molecular flexibility index (Phi) is 4.53. The van der Waals surface area contributed by atoms with Crippen LogP contribution >= 0.6 is 0 Å². The van der Waals surface area contributed by atoms with Crippen LogP contribution in [-0.4, -0.2) is 25.5 Å². The van der Waals surface area contributed by atoms with E-state index >= 15 is 0 Å². The number of amides is 1. The highest BCUT2D eigenvalue weighted by atomic mass is 19.1. The number of rotatable bonds is 5. The lowest BCUT2D eigenvalue weighted by molar-refractivity contribution is 0.0924. The number of carbonyl (C=O) groups excluding carboxylic acids is 1. The third-order valence-corrected chi connectivity index (χ3v) is 3.97. The highest BCUT2D eigenvalue weighted by molar-refractivity contribution is 5.92. The minimum atomic E-state index is -0.363. The largest absolute Gasteiger partial charge is 0.451 e. The fraction of sp³-hybridized carbons (Fsp3) is 0.353. The Morgan fingerprint density at radius 1 is 1.32 bits per heavy atom. The van der Waals surface area contributed by atoms with E-state index in [0.717, 1.165) is 25.9 Å². The van der Waals surface area contributed by atoms with Crippen LogP contribution in [0.4, 0.5) is 4.39 Å². The van der Waals surface area contributed by atoms with Crippen molar-refractivity contribution in [2.75, 3.05) is 19.6 Å². The second kappa shape index (κ2) is 6.75. The van der Waals surface area contributed by atoms with Gasteiger partial charge in [0.25, 0.3) is 5.91 Å². The lowest BCUT2D eigenvalue weighted by Gasteiger charge is -2.08. The normalized spacial score (nSPS) is 17.6. The van der Waals surface area contributed by atoms with Crippen LogP contribution < -0.4 is 10.6 Å². The van der Waals surface area contributed by atoms with Crippen LogP contribution in [0.2, 0.25) is 0 Å². The van der Waals surface area contributed by atoms with Gasteiger partial charge in [-0.25, -0.2) is 4.39 Å². The highest BCUT2D eigenvalue weighted by Crippen LogP contribution is 2.24. The Balaban J connectivity index is 1.58. The van der Waals surface area contributed by atoms with E-state index < -0.39 is 0 Å². The molecule has 1 aliphatic heterocycles. The molecule has 1 atom stereocenters. The number of hydrogen-bond donors (Lipinski definition) is 2. The van der Waals surface area contributed by atoms with Gasteiger partial charge in [-0.05, 0) is 56.1 Å². The van der Waals surface area contributed by atoms with Crippen LogP contribution in [0.3, 0.4) is 0 Å². The third-order valence-electron chi connectivity index (χ3n) is 3.97. The zero-order chi connectivity index (χ0) is 15.4. The number of furan rings is 1. The first-order valence-corrected chi connectivity index (χ1v) is 7.57. The zero-order valence-electron chi connectivity index (χ0n) is 12.3. The number of halogens is 1. The van der Waals surface area contributed by atoms with E-state index in [-0.39, 0.29) is 17.5 Å². The fourth-order valence-corrected chi connectivity index (χ4v) is 2.70. The van der Waals surface area contributed by atoms with Gasteiger partial charge in [0.2, 0.25) is 0 Å². The molecule has 2 aromatic rings. The van der Waals surface area contributed by atoms with Crippen molar-refractivity contribution in [1.82, 2.24) is 10.6 Å². The first-order valence-electron chi connectivity index (χ1n) is 7.57. The Labute approximate surface area is 128 Å². The summed E-state index contributed by atoms with van der Waals surface area (Å²) in [5.74, 6) is 0.586. The van der Waals surface area contributed by atoms with Gasteiger partial charge in [0.15, 0.2) is 5.76 Å². The highest BCUT2D eigenvalue weighted by Gasteiger charge is 2.16. The van der Waals surface area contributed by atoms with Crippen molar-refractivity contribution in [3.05, 3.63) is 48.0 Å². The van der Waals surface area contributed by atoms with Crippen LogP contribution in [0.25, 0.3) is 11.3 Å². The molecule has 1 aromatic heterocycles. The van der Waals surface area contributed by atoms with Gasteiger partial charge < -0.3 is 15.1 Å². The van der Waals surface area contributed by atoms with E-state index in [9.17, 15) is 9.18 Å². The van der Waals surface area contributed by atoms with Gasteiger partial charge in [-0.2, -0.15) is 0 Å². The summed E-state index contributed by atoms with van der Waals surface area (Å²) in [5, 5.41) is 6.15. The maximum absolute atomic E-state index is 13.7. The Morgan fingerprint density at radius 3 is 2.95 bits per heavy atom. The minimum Gasteiger partial charge on any atom is -0.451 e. The Bertz CT molecular complexity index is 648. The van der Waals surface area contributed by atoms with Crippen molar-refractivity contribution >= 4 is 5.91 Å². The van der Waals surface area contributed by atoms with Crippen LogP contribution in [0.5, 0.6) is 0 Å². The lowest BCUT2D eigenvalue weighted by Crippen LogP contribution is -2.26. The minimum absolute atomic E-state index is 0.211. The first-order chi connectivity index (χ1) is 10.7. The molecular weight excluding hydrogens is 283 g/mol. The average molecular weight is 302 g/mol. The van der Waals surface area contributed by atoms with Gasteiger partial charge in [0.1, 0.15) is 11.6 Å². The quantitative estimate of drug-likeness (QED) is 0.893. The second-order valence-electron chi connectivity index (χ2n) is 5.55. The molecule has 1 fully saturated rings. The molecule has 0 aliphatic carbocycles. The van der Waals surface area contributed by atoms with E-state index in [4.69, 9.17) is 4.42 Å². The van der Waals surface area contributed by atoms with Crippen LogP contribution in [0, 0.1) is 11.7 Å².